The van der Waals surface area contributed by atoms with E-state index in [9.17, 15) is 9.90 Å². The van der Waals surface area contributed by atoms with E-state index < -0.39 is 12.0 Å². The first-order valence-electron chi connectivity index (χ1n) is 7.32. The van der Waals surface area contributed by atoms with E-state index in [-0.39, 0.29) is 6.04 Å². The van der Waals surface area contributed by atoms with Crippen molar-refractivity contribution < 1.29 is 24.1 Å². The smallest absolute Gasteiger partial charge is 0.320 e. The fourth-order valence-electron chi connectivity index (χ4n) is 3.05. The number of rotatable bonds is 6. The molecule has 2 unspecified atom stereocenters. The zero-order chi connectivity index (χ0) is 16.3. The van der Waals surface area contributed by atoms with E-state index in [1.165, 1.54) is 0 Å². The molecule has 1 aliphatic heterocycles. The summed E-state index contributed by atoms with van der Waals surface area (Å²) in [6.45, 7) is 2.77. The Hall–Kier alpha value is -1.95. The minimum absolute atomic E-state index is 0.0442. The molecule has 122 valence electrons. The van der Waals surface area contributed by atoms with Crippen LogP contribution < -0.4 is 14.2 Å². The van der Waals surface area contributed by atoms with Crippen LogP contribution in [0.3, 0.4) is 0 Å². The van der Waals surface area contributed by atoms with Gasteiger partial charge >= 0.3 is 5.97 Å². The van der Waals surface area contributed by atoms with Crippen LogP contribution in [-0.2, 0) is 4.79 Å². The third-order valence-electron chi connectivity index (χ3n) is 4.25. The van der Waals surface area contributed by atoms with Crippen molar-refractivity contribution in [1.29, 1.82) is 0 Å². The first-order valence-corrected chi connectivity index (χ1v) is 7.32. The van der Waals surface area contributed by atoms with Gasteiger partial charge in [0.25, 0.3) is 0 Å². The van der Waals surface area contributed by atoms with Crippen molar-refractivity contribution >= 4 is 5.97 Å². The molecule has 0 aromatic heterocycles. The topological polar surface area (TPSA) is 68.2 Å². The molecule has 0 spiro atoms. The highest BCUT2D eigenvalue weighted by Gasteiger charge is 2.34. The quantitative estimate of drug-likeness (QED) is 0.870. The molecule has 6 nitrogen and oxygen atoms in total. The molecule has 2 atom stereocenters. The predicted octanol–water partition coefficient (Wildman–Crippen LogP) is 2.32. The van der Waals surface area contributed by atoms with Crippen LogP contribution in [0.5, 0.6) is 17.2 Å². The lowest BCUT2D eigenvalue weighted by Crippen LogP contribution is -2.37. The number of hydrogen-bond donors (Lipinski definition) is 1. The van der Waals surface area contributed by atoms with E-state index in [0.717, 1.165) is 18.5 Å². The van der Waals surface area contributed by atoms with Crippen LogP contribution in [0.1, 0.15) is 31.4 Å². The van der Waals surface area contributed by atoms with Gasteiger partial charge in [-0.3, -0.25) is 9.69 Å². The molecule has 1 aliphatic rings. The molecule has 1 fully saturated rings. The van der Waals surface area contributed by atoms with Crippen molar-refractivity contribution in [3.05, 3.63) is 17.7 Å². The third-order valence-corrected chi connectivity index (χ3v) is 4.25. The summed E-state index contributed by atoms with van der Waals surface area (Å²) in [6, 6.07) is 3.28. The van der Waals surface area contributed by atoms with Gasteiger partial charge < -0.3 is 19.3 Å². The highest BCUT2D eigenvalue weighted by Crippen LogP contribution is 2.41. The highest BCUT2D eigenvalue weighted by atomic mass is 16.5. The number of carboxylic acid groups (broad SMARTS) is 1. The fourth-order valence-corrected chi connectivity index (χ4v) is 3.05. The number of nitrogens with zero attached hydrogens (tertiary/aromatic N) is 1. The van der Waals surface area contributed by atoms with Gasteiger partial charge in [-0.15, -0.1) is 0 Å². The lowest BCUT2D eigenvalue weighted by Gasteiger charge is -2.29. The third kappa shape index (κ3) is 2.97. The molecule has 0 aliphatic carbocycles. The number of hydrogen-bond acceptors (Lipinski definition) is 5. The summed E-state index contributed by atoms with van der Waals surface area (Å²) < 4.78 is 16.1. The molecule has 1 heterocycles. The van der Waals surface area contributed by atoms with Crippen LogP contribution in [0.25, 0.3) is 0 Å². The predicted molar refractivity (Wildman–Crippen MR) is 81.9 cm³/mol. The van der Waals surface area contributed by atoms with Gasteiger partial charge in [0.1, 0.15) is 6.04 Å². The molecule has 0 saturated carbocycles. The molecule has 6 heteroatoms. The normalized spacial score (nSPS) is 19.7. The number of aliphatic carboxylic acids is 1. The van der Waals surface area contributed by atoms with Crippen molar-refractivity contribution in [2.75, 3.05) is 27.9 Å². The fraction of sp³-hybridized carbons (Fsp3) is 0.562. The van der Waals surface area contributed by atoms with E-state index in [1.807, 2.05) is 24.0 Å². The Bertz CT molecular complexity index is 520. The SMILES string of the molecule is COc1cc(C(C)N2CCCC2C(=O)O)cc(OC)c1OC. The molecule has 22 heavy (non-hydrogen) atoms. The van der Waals surface area contributed by atoms with Gasteiger partial charge in [0, 0.05) is 6.04 Å². The summed E-state index contributed by atoms with van der Waals surface area (Å²) in [5.41, 5.74) is 0.947. The minimum atomic E-state index is -0.767. The second-order valence-electron chi connectivity index (χ2n) is 5.37. The van der Waals surface area contributed by atoms with Crippen molar-refractivity contribution in [2.24, 2.45) is 0 Å². The Labute approximate surface area is 130 Å². The summed E-state index contributed by atoms with van der Waals surface area (Å²) in [4.78, 5) is 13.4. The van der Waals surface area contributed by atoms with Crippen molar-refractivity contribution in [3.8, 4) is 17.2 Å². The number of carbonyl (C=O) groups is 1. The number of carboxylic acids is 1. The average Bonchev–Trinajstić information content (AvgIpc) is 3.02. The molecule has 1 aromatic rings. The molecule has 0 radical (unpaired) electrons. The Morgan fingerprint density at radius 3 is 2.27 bits per heavy atom. The van der Waals surface area contributed by atoms with Crippen LogP contribution in [0.4, 0.5) is 0 Å². The Morgan fingerprint density at radius 2 is 1.82 bits per heavy atom. The van der Waals surface area contributed by atoms with E-state index in [2.05, 4.69) is 0 Å². The Kier molecular flexibility index (Phi) is 5.13. The van der Waals surface area contributed by atoms with E-state index >= 15 is 0 Å². The van der Waals surface area contributed by atoms with Crippen molar-refractivity contribution in [3.63, 3.8) is 0 Å². The summed E-state index contributed by atoms with van der Waals surface area (Å²) in [6.07, 6.45) is 1.58. The number of likely N-dealkylation sites (tertiary alicyclic amines) is 1. The standard InChI is InChI=1S/C16H23NO5/c1-10(17-7-5-6-12(17)16(18)19)11-8-13(20-2)15(22-4)14(9-11)21-3/h8-10,12H,5-7H2,1-4H3,(H,18,19). The summed E-state index contributed by atoms with van der Waals surface area (Å²) >= 11 is 0. The van der Waals surface area contributed by atoms with Gasteiger partial charge in [0.2, 0.25) is 5.75 Å². The minimum Gasteiger partial charge on any atom is -0.493 e. The van der Waals surface area contributed by atoms with Crippen LogP contribution in [0.2, 0.25) is 0 Å². The van der Waals surface area contributed by atoms with Crippen LogP contribution in [0, 0.1) is 0 Å². The molecule has 0 bridgehead atoms. The number of methoxy groups -OCH3 is 3. The summed E-state index contributed by atoms with van der Waals surface area (Å²) in [5.74, 6) is 0.929. The first kappa shape index (κ1) is 16.4. The summed E-state index contributed by atoms with van der Waals surface area (Å²) in [5, 5.41) is 9.35. The molecule has 1 aromatic carbocycles. The maximum Gasteiger partial charge on any atom is 0.320 e. The Morgan fingerprint density at radius 1 is 1.23 bits per heavy atom. The summed E-state index contributed by atoms with van der Waals surface area (Å²) in [7, 11) is 4.70. The Balaban J connectivity index is 2.37. The van der Waals surface area contributed by atoms with Gasteiger partial charge in [0.15, 0.2) is 11.5 Å². The largest absolute Gasteiger partial charge is 0.493 e. The monoisotopic (exact) mass is 309 g/mol. The lowest BCUT2D eigenvalue weighted by atomic mass is 10.0. The maximum atomic E-state index is 11.4. The molecule has 2 rings (SSSR count). The maximum absolute atomic E-state index is 11.4. The second kappa shape index (κ2) is 6.87. The van der Waals surface area contributed by atoms with Gasteiger partial charge in [-0.05, 0) is 44.0 Å². The van der Waals surface area contributed by atoms with E-state index in [1.54, 1.807) is 21.3 Å². The van der Waals surface area contributed by atoms with Crippen LogP contribution in [-0.4, -0.2) is 49.9 Å². The van der Waals surface area contributed by atoms with Crippen molar-refractivity contribution in [1.82, 2.24) is 4.90 Å². The van der Waals surface area contributed by atoms with Crippen molar-refractivity contribution in [2.45, 2.75) is 31.8 Å². The molecule has 1 saturated heterocycles. The zero-order valence-corrected chi connectivity index (χ0v) is 13.5. The number of benzene rings is 1. The van der Waals surface area contributed by atoms with Gasteiger partial charge in [-0.2, -0.15) is 0 Å². The number of ether oxygens (including phenoxy) is 3. The van der Waals surface area contributed by atoms with E-state index in [4.69, 9.17) is 14.2 Å². The molecular weight excluding hydrogens is 286 g/mol. The van der Waals surface area contributed by atoms with Gasteiger partial charge in [-0.1, -0.05) is 0 Å². The second-order valence-corrected chi connectivity index (χ2v) is 5.37. The van der Waals surface area contributed by atoms with E-state index in [0.29, 0.717) is 23.7 Å². The van der Waals surface area contributed by atoms with Crippen LogP contribution >= 0.6 is 0 Å². The highest BCUT2D eigenvalue weighted by molar-refractivity contribution is 5.74. The van der Waals surface area contributed by atoms with Gasteiger partial charge in [0.05, 0.1) is 21.3 Å². The van der Waals surface area contributed by atoms with Gasteiger partial charge in [-0.25, -0.2) is 0 Å². The molecular formula is C16H23NO5. The molecule has 0 amide bonds. The first-order chi connectivity index (χ1) is 10.5. The average molecular weight is 309 g/mol. The molecule has 1 N–H and O–H groups in total. The van der Waals surface area contributed by atoms with Crippen LogP contribution in [0.15, 0.2) is 12.1 Å². The zero-order valence-electron chi connectivity index (χ0n) is 13.5. The lowest BCUT2D eigenvalue weighted by molar-refractivity contribution is -0.142.